The molecule has 0 heterocycles. The van der Waals surface area contributed by atoms with Crippen molar-refractivity contribution in [2.75, 3.05) is 6.61 Å². The third-order valence-electron chi connectivity index (χ3n) is 3.07. The normalized spacial score (nSPS) is 15.6. The summed E-state index contributed by atoms with van der Waals surface area (Å²) >= 11 is 6.30. The van der Waals surface area contributed by atoms with Crippen molar-refractivity contribution in [2.45, 2.75) is 44.1 Å². The van der Waals surface area contributed by atoms with Crippen LogP contribution in [0.3, 0.4) is 0 Å². The molecule has 19 heavy (non-hydrogen) atoms. The molecule has 0 amide bonds. The first-order chi connectivity index (χ1) is 9.00. The maximum absolute atomic E-state index is 11.8. The number of carbonyl (C=O) groups is 1. The number of aliphatic hydroxyl groups is 1. The van der Waals surface area contributed by atoms with Gasteiger partial charge in [-0.3, -0.25) is 0 Å². The van der Waals surface area contributed by atoms with E-state index in [1.165, 1.54) is 0 Å². The van der Waals surface area contributed by atoms with E-state index in [-0.39, 0.29) is 0 Å². The lowest BCUT2D eigenvalue weighted by Crippen LogP contribution is -2.39. The summed E-state index contributed by atoms with van der Waals surface area (Å²) in [6.07, 6.45) is 1.48. The molecule has 0 aliphatic heterocycles. The molecule has 0 spiro atoms. The van der Waals surface area contributed by atoms with Gasteiger partial charge in [-0.1, -0.05) is 50.1 Å². The molecule has 0 aromatic heterocycles. The molecule has 4 heteroatoms. The smallest absolute Gasteiger partial charge is 0.337 e. The van der Waals surface area contributed by atoms with E-state index in [4.69, 9.17) is 16.3 Å². The maximum atomic E-state index is 11.8. The number of benzene rings is 1. The Bertz CT molecular complexity index is 390. The minimum atomic E-state index is -1.38. The summed E-state index contributed by atoms with van der Waals surface area (Å²) in [6, 6.07) is 9.04. The topological polar surface area (TPSA) is 46.5 Å². The number of halogens is 1. The average molecular weight is 285 g/mol. The molecule has 0 fully saturated rings. The number of alkyl halides is 1. The Hall–Kier alpha value is -1.06. The molecule has 3 nitrogen and oxygen atoms in total. The number of hydrogen-bond donors (Lipinski definition) is 1. The summed E-state index contributed by atoms with van der Waals surface area (Å²) in [5.74, 6) is -0.669. The van der Waals surface area contributed by atoms with Gasteiger partial charge in [-0.15, -0.1) is 11.6 Å². The standard InChI is InChI=1S/C15H21ClO3/c1-3-4-8-11-19-14(18)13(17)15(2,16)12-9-6-5-7-10-12/h5-7,9-10,13,17H,3-4,8,11H2,1-2H3. The molecular formula is C15H21ClO3. The number of rotatable bonds is 7. The zero-order chi connectivity index (χ0) is 14.3. The SMILES string of the molecule is CCCCCOC(=O)C(O)C(C)(Cl)c1ccccc1. The van der Waals surface area contributed by atoms with Crippen molar-refractivity contribution >= 4 is 17.6 Å². The molecule has 106 valence electrons. The van der Waals surface area contributed by atoms with Crippen molar-refractivity contribution in [3.63, 3.8) is 0 Å². The van der Waals surface area contributed by atoms with Crippen molar-refractivity contribution in [3.05, 3.63) is 35.9 Å². The van der Waals surface area contributed by atoms with E-state index in [9.17, 15) is 9.90 Å². The molecule has 2 unspecified atom stereocenters. The lowest BCUT2D eigenvalue weighted by molar-refractivity contribution is -0.155. The van der Waals surface area contributed by atoms with Gasteiger partial charge >= 0.3 is 5.97 Å². The molecule has 1 N–H and O–H groups in total. The Morgan fingerprint density at radius 2 is 2.00 bits per heavy atom. The van der Waals surface area contributed by atoms with Gasteiger partial charge in [-0.2, -0.15) is 0 Å². The van der Waals surface area contributed by atoms with E-state index in [1.54, 1.807) is 19.1 Å². The molecule has 0 radical (unpaired) electrons. The van der Waals surface area contributed by atoms with Gasteiger partial charge in [-0.25, -0.2) is 4.79 Å². The second-order valence-corrected chi connectivity index (χ2v) is 5.50. The molecule has 0 bridgehead atoms. The highest BCUT2D eigenvalue weighted by Gasteiger charge is 2.38. The summed E-state index contributed by atoms with van der Waals surface area (Å²) in [4.78, 5) is 10.6. The Labute approximate surface area is 119 Å². The Kier molecular flexibility index (Phi) is 6.32. The van der Waals surface area contributed by atoms with Crippen LogP contribution in [0.2, 0.25) is 0 Å². The summed E-state index contributed by atoms with van der Waals surface area (Å²) < 4.78 is 5.04. The highest BCUT2D eigenvalue weighted by atomic mass is 35.5. The summed E-state index contributed by atoms with van der Waals surface area (Å²) in [7, 11) is 0. The Balaban J connectivity index is 2.60. The second-order valence-electron chi connectivity index (χ2n) is 4.72. The first-order valence-electron chi connectivity index (χ1n) is 6.59. The fraction of sp³-hybridized carbons (Fsp3) is 0.533. The Morgan fingerprint density at radius 1 is 1.37 bits per heavy atom. The third kappa shape index (κ3) is 4.51. The molecule has 1 aromatic carbocycles. The molecule has 0 saturated carbocycles. The van der Waals surface area contributed by atoms with Gasteiger partial charge in [0.25, 0.3) is 0 Å². The molecule has 1 rings (SSSR count). The van der Waals surface area contributed by atoms with Crippen molar-refractivity contribution in [1.82, 2.24) is 0 Å². The third-order valence-corrected chi connectivity index (χ3v) is 3.49. The van der Waals surface area contributed by atoms with Gasteiger partial charge in [0.15, 0.2) is 6.10 Å². The largest absolute Gasteiger partial charge is 0.464 e. The predicted octanol–water partition coefficient (Wildman–Crippen LogP) is 3.23. The lowest BCUT2D eigenvalue weighted by Gasteiger charge is -2.27. The van der Waals surface area contributed by atoms with Crippen molar-refractivity contribution < 1.29 is 14.6 Å². The minimum Gasteiger partial charge on any atom is -0.464 e. The van der Waals surface area contributed by atoms with Gasteiger partial charge in [0.2, 0.25) is 0 Å². The van der Waals surface area contributed by atoms with E-state index < -0.39 is 16.9 Å². The van der Waals surface area contributed by atoms with Crippen molar-refractivity contribution in [1.29, 1.82) is 0 Å². The van der Waals surface area contributed by atoms with Crippen LogP contribution in [0.5, 0.6) is 0 Å². The monoisotopic (exact) mass is 284 g/mol. The maximum Gasteiger partial charge on any atom is 0.337 e. The molecule has 0 aliphatic carbocycles. The highest BCUT2D eigenvalue weighted by Crippen LogP contribution is 2.32. The van der Waals surface area contributed by atoms with Crippen LogP contribution in [0.1, 0.15) is 38.7 Å². The number of aliphatic hydroxyl groups excluding tert-OH is 1. The predicted molar refractivity (Wildman–Crippen MR) is 76.1 cm³/mol. The number of unbranched alkanes of at least 4 members (excludes halogenated alkanes) is 2. The quantitative estimate of drug-likeness (QED) is 0.475. The van der Waals surface area contributed by atoms with E-state index in [1.807, 2.05) is 18.2 Å². The van der Waals surface area contributed by atoms with Gasteiger partial charge in [0.05, 0.1) is 6.61 Å². The van der Waals surface area contributed by atoms with Gasteiger partial charge in [0, 0.05) is 0 Å². The summed E-state index contributed by atoms with van der Waals surface area (Å²) in [5.41, 5.74) is 0.690. The lowest BCUT2D eigenvalue weighted by atomic mass is 9.94. The van der Waals surface area contributed by atoms with Crippen LogP contribution in [0.15, 0.2) is 30.3 Å². The minimum absolute atomic E-state index is 0.325. The first kappa shape index (κ1) is 16.0. The fourth-order valence-electron chi connectivity index (χ4n) is 1.75. The van der Waals surface area contributed by atoms with Crippen LogP contribution >= 0.6 is 11.6 Å². The van der Waals surface area contributed by atoms with Gasteiger partial charge in [0.1, 0.15) is 4.87 Å². The average Bonchev–Trinajstić information content (AvgIpc) is 2.43. The molecule has 0 aliphatic rings. The van der Waals surface area contributed by atoms with Crippen LogP contribution in [0, 0.1) is 0 Å². The molecular weight excluding hydrogens is 264 g/mol. The summed E-state index contributed by atoms with van der Waals surface area (Å²) in [5, 5.41) is 10.0. The number of carbonyl (C=O) groups excluding carboxylic acids is 1. The Morgan fingerprint density at radius 3 is 2.58 bits per heavy atom. The molecule has 1 aromatic rings. The van der Waals surface area contributed by atoms with E-state index in [0.717, 1.165) is 19.3 Å². The molecule has 2 atom stereocenters. The van der Waals surface area contributed by atoms with Crippen LogP contribution < -0.4 is 0 Å². The van der Waals surface area contributed by atoms with Crippen molar-refractivity contribution in [2.24, 2.45) is 0 Å². The molecule has 0 saturated heterocycles. The fourth-order valence-corrected chi connectivity index (χ4v) is 1.96. The van der Waals surface area contributed by atoms with Crippen LogP contribution in [0.4, 0.5) is 0 Å². The number of hydrogen-bond acceptors (Lipinski definition) is 3. The summed E-state index contributed by atoms with van der Waals surface area (Å²) in [6.45, 7) is 4.01. The van der Waals surface area contributed by atoms with E-state index >= 15 is 0 Å². The van der Waals surface area contributed by atoms with Crippen LogP contribution in [-0.4, -0.2) is 23.8 Å². The highest BCUT2D eigenvalue weighted by molar-refractivity contribution is 6.25. The van der Waals surface area contributed by atoms with Gasteiger partial charge in [-0.05, 0) is 18.9 Å². The van der Waals surface area contributed by atoms with E-state index in [2.05, 4.69) is 6.92 Å². The first-order valence-corrected chi connectivity index (χ1v) is 6.97. The van der Waals surface area contributed by atoms with E-state index in [0.29, 0.717) is 12.2 Å². The van der Waals surface area contributed by atoms with Gasteiger partial charge < -0.3 is 9.84 Å². The van der Waals surface area contributed by atoms with Crippen LogP contribution in [0.25, 0.3) is 0 Å². The second kappa shape index (κ2) is 7.51. The zero-order valence-corrected chi connectivity index (χ0v) is 12.2. The van der Waals surface area contributed by atoms with Crippen LogP contribution in [-0.2, 0) is 14.4 Å². The van der Waals surface area contributed by atoms with Crippen molar-refractivity contribution in [3.8, 4) is 0 Å². The number of ether oxygens (including phenoxy) is 1. The number of esters is 1. The zero-order valence-electron chi connectivity index (χ0n) is 11.4.